The monoisotopic (exact) mass is 438 g/mol. The maximum atomic E-state index is 12.4. The lowest BCUT2D eigenvalue weighted by Crippen LogP contribution is -2.41. The number of hydrogen-bond donors (Lipinski definition) is 4. The first-order valence-electron chi connectivity index (χ1n) is 9.99. The van der Waals surface area contributed by atoms with Crippen LogP contribution in [0.3, 0.4) is 0 Å². The van der Waals surface area contributed by atoms with Crippen molar-refractivity contribution in [1.29, 1.82) is 0 Å². The fourth-order valence-corrected chi connectivity index (χ4v) is 5.49. The lowest BCUT2D eigenvalue weighted by atomic mass is 9.98. The van der Waals surface area contributed by atoms with Crippen LogP contribution in [-0.2, 0) is 4.79 Å². The number of aliphatic hydroxyl groups is 2. The molecule has 2 saturated carbocycles. The van der Waals surface area contributed by atoms with Crippen molar-refractivity contribution in [3.8, 4) is 11.8 Å². The Hall–Kier alpha value is -3.00. The number of carbonyl (C=O) groups is 1. The first-order chi connectivity index (χ1) is 14.9. The van der Waals surface area contributed by atoms with Crippen LogP contribution < -0.4 is 10.6 Å². The predicted octanol–water partition coefficient (Wildman–Crippen LogP) is 0.667. The van der Waals surface area contributed by atoms with E-state index in [1.54, 1.807) is 29.3 Å². The number of imidazole rings is 1. The fraction of sp³-hybridized carbons (Fsp3) is 0.429. The van der Waals surface area contributed by atoms with Crippen molar-refractivity contribution >= 4 is 34.2 Å². The Balaban J connectivity index is 1.58. The van der Waals surface area contributed by atoms with Gasteiger partial charge in [-0.1, -0.05) is 0 Å². The summed E-state index contributed by atoms with van der Waals surface area (Å²) in [6.45, 7) is 2.02. The Bertz CT molecular complexity index is 1260. The van der Waals surface area contributed by atoms with E-state index < -0.39 is 23.7 Å². The summed E-state index contributed by atoms with van der Waals surface area (Å²) in [7, 11) is 3.28. The van der Waals surface area contributed by atoms with E-state index in [9.17, 15) is 15.0 Å². The lowest BCUT2D eigenvalue weighted by molar-refractivity contribution is -0.132. The number of hydrogen-bond acceptors (Lipinski definition) is 8. The van der Waals surface area contributed by atoms with Crippen molar-refractivity contribution in [2.75, 3.05) is 19.4 Å². The molecule has 0 aromatic carbocycles. The van der Waals surface area contributed by atoms with Gasteiger partial charge in [0.15, 0.2) is 17.0 Å². The van der Waals surface area contributed by atoms with Gasteiger partial charge in [-0.3, -0.25) is 4.79 Å². The standard InChI is InChI=1S/C21H22N6O3S/c1-10-4-5-11(31-10)6-7-13-25-18(22-2)14-19(26-13)27(9-24-14)15-12-8-21(12,20(30)23-3)17(29)16(15)28/h4-5,9,12,15-17,28-29H,8H2,1-3H3,(H,23,30)(H,22,25,26)/t12?,15-,16?,17?,21+/m1/s1. The molecule has 5 atom stereocenters. The molecule has 31 heavy (non-hydrogen) atoms. The number of aromatic nitrogens is 4. The summed E-state index contributed by atoms with van der Waals surface area (Å²) >= 11 is 1.60. The van der Waals surface area contributed by atoms with Crippen LogP contribution in [-0.4, -0.2) is 61.9 Å². The minimum Gasteiger partial charge on any atom is -0.389 e. The van der Waals surface area contributed by atoms with E-state index in [0.29, 0.717) is 29.2 Å². The second-order valence-electron chi connectivity index (χ2n) is 7.99. The Labute approximate surface area is 182 Å². The van der Waals surface area contributed by atoms with Crippen LogP contribution in [0.5, 0.6) is 0 Å². The van der Waals surface area contributed by atoms with Gasteiger partial charge in [0.05, 0.1) is 28.8 Å². The molecular weight excluding hydrogens is 416 g/mol. The number of rotatable bonds is 3. The van der Waals surface area contributed by atoms with Crippen molar-refractivity contribution in [1.82, 2.24) is 24.8 Å². The van der Waals surface area contributed by atoms with Crippen molar-refractivity contribution in [3.63, 3.8) is 0 Å². The Kier molecular flexibility index (Phi) is 4.51. The summed E-state index contributed by atoms with van der Waals surface area (Å²) < 4.78 is 1.74. The van der Waals surface area contributed by atoms with Crippen LogP contribution in [0, 0.1) is 30.1 Å². The van der Waals surface area contributed by atoms with Crippen LogP contribution in [0.1, 0.15) is 28.0 Å². The number of nitrogens with zero attached hydrogens (tertiary/aromatic N) is 4. The Morgan fingerprint density at radius 1 is 1.29 bits per heavy atom. The summed E-state index contributed by atoms with van der Waals surface area (Å²) in [6, 6.07) is 3.45. The van der Waals surface area contributed by atoms with E-state index in [2.05, 4.69) is 37.4 Å². The second-order valence-corrected chi connectivity index (χ2v) is 9.27. The molecule has 3 heterocycles. The van der Waals surface area contributed by atoms with E-state index >= 15 is 0 Å². The molecule has 4 N–H and O–H groups in total. The van der Waals surface area contributed by atoms with Gasteiger partial charge in [-0.2, -0.15) is 0 Å². The summed E-state index contributed by atoms with van der Waals surface area (Å²) in [5, 5.41) is 27.1. The lowest BCUT2D eigenvalue weighted by Gasteiger charge is -2.23. The molecule has 0 aliphatic heterocycles. The number of aryl methyl sites for hydroxylation is 1. The van der Waals surface area contributed by atoms with Crippen LogP contribution in [0.4, 0.5) is 5.82 Å². The molecule has 2 aliphatic rings. The summed E-state index contributed by atoms with van der Waals surface area (Å²) in [6.07, 6.45) is -0.167. The fourth-order valence-electron chi connectivity index (χ4n) is 4.77. The smallest absolute Gasteiger partial charge is 0.229 e. The van der Waals surface area contributed by atoms with Gasteiger partial charge in [-0.05, 0) is 37.3 Å². The normalized spacial score (nSPS) is 28.7. The van der Waals surface area contributed by atoms with Crippen molar-refractivity contribution in [3.05, 3.63) is 34.0 Å². The third-order valence-corrected chi connectivity index (χ3v) is 7.26. The number of carbonyl (C=O) groups excluding carboxylic acids is 1. The molecule has 9 nitrogen and oxygen atoms in total. The molecule has 5 rings (SSSR count). The number of nitrogens with one attached hydrogen (secondary N) is 2. The van der Waals surface area contributed by atoms with Crippen LogP contribution in [0.25, 0.3) is 11.2 Å². The van der Waals surface area contributed by atoms with Gasteiger partial charge in [0, 0.05) is 24.9 Å². The topological polar surface area (TPSA) is 125 Å². The van der Waals surface area contributed by atoms with Crippen molar-refractivity contribution < 1.29 is 15.0 Å². The maximum Gasteiger partial charge on any atom is 0.229 e. The zero-order valence-corrected chi connectivity index (χ0v) is 18.1. The maximum absolute atomic E-state index is 12.4. The molecule has 10 heteroatoms. The van der Waals surface area contributed by atoms with Crippen molar-refractivity contribution in [2.45, 2.75) is 31.6 Å². The average molecular weight is 439 g/mol. The van der Waals surface area contributed by atoms with Crippen LogP contribution >= 0.6 is 11.3 Å². The molecule has 1 amide bonds. The number of fused-ring (bicyclic) bond motifs is 2. The van der Waals surface area contributed by atoms with Crippen LogP contribution in [0.15, 0.2) is 18.5 Å². The van der Waals surface area contributed by atoms with Crippen LogP contribution in [0.2, 0.25) is 0 Å². The van der Waals surface area contributed by atoms with Gasteiger partial charge < -0.3 is 25.4 Å². The minimum atomic E-state index is -1.15. The van der Waals surface area contributed by atoms with E-state index in [1.807, 2.05) is 19.1 Å². The van der Waals surface area contributed by atoms with Gasteiger partial charge in [0.25, 0.3) is 0 Å². The first kappa shape index (κ1) is 19.9. The molecule has 160 valence electrons. The van der Waals surface area contributed by atoms with Gasteiger partial charge in [-0.15, -0.1) is 11.3 Å². The molecule has 0 radical (unpaired) electrons. The number of aliphatic hydroxyl groups excluding tert-OH is 2. The summed E-state index contributed by atoms with van der Waals surface area (Å²) in [4.78, 5) is 28.0. The SMILES string of the molecule is CNC(=O)[C@@]12CC1[C@@H](n1cnc3c(NC)nc(C#Cc4ccc(C)s4)nc31)C(O)C2O. The molecular formula is C21H22N6O3S. The zero-order valence-electron chi connectivity index (χ0n) is 17.2. The quantitative estimate of drug-likeness (QED) is 0.443. The largest absolute Gasteiger partial charge is 0.389 e. The zero-order chi connectivity index (χ0) is 21.9. The van der Waals surface area contributed by atoms with E-state index in [0.717, 1.165) is 4.88 Å². The number of amides is 1. The minimum absolute atomic E-state index is 0.202. The Morgan fingerprint density at radius 2 is 2.10 bits per heavy atom. The van der Waals surface area contributed by atoms with Gasteiger partial charge in [0.1, 0.15) is 6.10 Å². The molecule has 0 saturated heterocycles. The molecule has 0 bridgehead atoms. The van der Waals surface area contributed by atoms with Crippen molar-refractivity contribution in [2.24, 2.45) is 11.3 Å². The summed E-state index contributed by atoms with van der Waals surface area (Å²) in [5.41, 5.74) is 0.0789. The number of thiophene rings is 1. The number of anilines is 1. The predicted molar refractivity (Wildman–Crippen MR) is 116 cm³/mol. The molecule has 0 spiro atoms. The van der Waals surface area contributed by atoms with E-state index in [-0.39, 0.29) is 11.8 Å². The summed E-state index contributed by atoms with van der Waals surface area (Å²) in [5.74, 6) is 6.49. The highest BCUT2D eigenvalue weighted by atomic mass is 32.1. The Morgan fingerprint density at radius 3 is 2.77 bits per heavy atom. The average Bonchev–Trinajstić information content (AvgIpc) is 3.02. The third kappa shape index (κ3) is 2.85. The van der Waals surface area contributed by atoms with Gasteiger partial charge in [0.2, 0.25) is 11.7 Å². The molecule has 3 aromatic heterocycles. The van der Waals surface area contributed by atoms with E-state index in [4.69, 9.17) is 0 Å². The van der Waals surface area contributed by atoms with Gasteiger partial charge >= 0.3 is 0 Å². The highest BCUT2D eigenvalue weighted by Gasteiger charge is 2.75. The molecule has 2 fully saturated rings. The third-order valence-electron chi connectivity index (χ3n) is 6.34. The molecule has 2 aliphatic carbocycles. The highest BCUT2D eigenvalue weighted by Crippen LogP contribution is 2.67. The molecule has 3 unspecified atom stereocenters. The first-order valence-corrected chi connectivity index (χ1v) is 10.8. The second kappa shape index (κ2) is 7.02. The highest BCUT2D eigenvalue weighted by molar-refractivity contribution is 7.12. The molecule has 3 aromatic rings. The van der Waals surface area contributed by atoms with E-state index in [1.165, 1.54) is 11.9 Å². The van der Waals surface area contributed by atoms with Gasteiger partial charge in [-0.25, -0.2) is 15.0 Å².